The zero-order valence-electron chi connectivity index (χ0n) is 14.2. The Labute approximate surface area is 146 Å². The van der Waals surface area contributed by atoms with Crippen molar-refractivity contribution in [2.75, 3.05) is 5.32 Å². The maximum absolute atomic E-state index is 12.3. The van der Waals surface area contributed by atoms with E-state index in [-0.39, 0.29) is 5.91 Å². The smallest absolute Gasteiger partial charge is 0.251 e. The van der Waals surface area contributed by atoms with Gasteiger partial charge >= 0.3 is 0 Å². The summed E-state index contributed by atoms with van der Waals surface area (Å²) in [5, 5.41) is 5.28. The average molecular weight is 339 g/mol. The lowest BCUT2D eigenvalue weighted by Crippen LogP contribution is -2.45. The summed E-state index contributed by atoms with van der Waals surface area (Å²) in [4.78, 5) is 35.0. The maximum Gasteiger partial charge on any atom is 0.251 e. The molecule has 0 unspecified atom stereocenters. The summed E-state index contributed by atoms with van der Waals surface area (Å²) in [6.07, 6.45) is 0.325. The van der Waals surface area contributed by atoms with Crippen LogP contribution in [0.25, 0.3) is 0 Å². The molecule has 0 saturated heterocycles. The van der Waals surface area contributed by atoms with Crippen molar-refractivity contribution < 1.29 is 14.4 Å². The van der Waals surface area contributed by atoms with Crippen molar-refractivity contribution >= 4 is 23.4 Å². The van der Waals surface area contributed by atoms with Gasteiger partial charge in [-0.25, -0.2) is 0 Å². The minimum atomic E-state index is -0.801. The molecule has 3 amide bonds. The van der Waals surface area contributed by atoms with E-state index in [1.54, 1.807) is 24.3 Å². The Hall–Kier alpha value is -3.15. The van der Waals surface area contributed by atoms with Crippen molar-refractivity contribution in [1.29, 1.82) is 0 Å². The van der Waals surface area contributed by atoms with Crippen molar-refractivity contribution in [3.05, 3.63) is 65.2 Å². The predicted molar refractivity (Wildman–Crippen MR) is 96.1 cm³/mol. The van der Waals surface area contributed by atoms with E-state index in [1.165, 1.54) is 6.92 Å². The largest absolute Gasteiger partial charge is 0.368 e. The zero-order valence-corrected chi connectivity index (χ0v) is 14.2. The van der Waals surface area contributed by atoms with Crippen molar-refractivity contribution in [2.45, 2.75) is 26.3 Å². The molecular formula is C19H21N3O3. The first-order valence-electron chi connectivity index (χ1n) is 7.88. The van der Waals surface area contributed by atoms with Gasteiger partial charge in [-0.2, -0.15) is 0 Å². The third-order valence-corrected chi connectivity index (χ3v) is 3.68. The van der Waals surface area contributed by atoms with Crippen LogP contribution in [0.3, 0.4) is 0 Å². The summed E-state index contributed by atoms with van der Waals surface area (Å²) in [5.74, 6) is -1.18. The summed E-state index contributed by atoms with van der Waals surface area (Å²) in [7, 11) is 0. The van der Waals surface area contributed by atoms with Crippen LogP contribution in [0.4, 0.5) is 5.69 Å². The molecule has 25 heavy (non-hydrogen) atoms. The molecule has 1 atom stereocenters. The summed E-state index contributed by atoms with van der Waals surface area (Å²) >= 11 is 0. The molecule has 2 aromatic carbocycles. The van der Waals surface area contributed by atoms with Crippen LogP contribution in [0.15, 0.2) is 48.5 Å². The molecule has 0 aliphatic heterocycles. The normalized spacial score (nSPS) is 11.4. The predicted octanol–water partition coefficient (Wildman–Crippen LogP) is 1.78. The Morgan fingerprint density at radius 2 is 1.60 bits per heavy atom. The van der Waals surface area contributed by atoms with Crippen LogP contribution in [0.5, 0.6) is 0 Å². The minimum absolute atomic E-state index is 0.191. The summed E-state index contributed by atoms with van der Waals surface area (Å²) < 4.78 is 0. The number of benzene rings is 2. The fourth-order valence-electron chi connectivity index (χ4n) is 2.33. The van der Waals surface area contributed by atoms with Gasteiger partial charge in [-0.1, -0.05) is 29.8 Å². The van der Waals surface area contributed by atoms with Gasteiger partial charge in [0.1, 0.15) is 6.04 Å². The van der Waals surface area contributed by atoms with Crippen LogP contribution in [0.1, 0.15) is 28.4 Å². The molecular weight excluding hydrogens is 318 g/mol. The standard InChI is InChI=1S/C19H21N3O3/c1-12-3-5-14(6-4-12)11-17(18(20)24)22-19(25)15-7-9-16(10-8-15)21-13(2)23/h3-10,17H,11H2,1-2H3,(H2,20,24)(H,21,23)(H,22,25)/t17-/m1/s1. The Morgan fingerprint density at radius 1 is 1.00 bits per heavy atom. The molecule has 6 nitrogen and oxygen atoms in total. The van der Waals surface area contributed by atoms with Gasteiger partial charge in [0.15, 0.2) is 0 Å². The Morgan fingerprint density at radius 3 is 2.12 bits per heavy atom. The van der Waals surface area contributed by atoms with Gasteiger partial charge in [0, 0.05) is 24.6 Å². The number of nitrogens with two attached hydrogens (primary N) is 1. The third-order valence-electron chi connectivity index (χ3n) is 3.68. The lowest BCUT2D eigenvalue weighted by atomic mass is 10.0. The number of carbonyl (C=O) groups excluding carboxylic acids is 3. The first kappa shape index (κ1) is 18.2. The summed E-state index contributed by atoms with van der Waals surface area (Å²) in [5.41, 5.74) is 8.42. The van der Waals surface area contributed by atoms with E-state index < -0.39 is 17.9 Å². The molecule has 4 N–H and O–H groups in total. The number of carbonyl (C=O) groups is 3. The maximum atomic E-state index is 12.3. The molecule has 0 bridgehead atoms. The monoisotopic (exact) mass is 339 g/mol. The number of primary amides is 1. The highest BCUT2D eigenvalue weighted by atomic mass is 16.2. The van der Waals surface area contributed by atoms with Crippen molar-refractivity contribution in [1.82, 2.24) is 5.32 Å². The molecule has 0 radical (unpaired) electrons. The van der Waals surface area contributed by atoms with Crippen LogP contribution in [-0.4, -0.2) is 23.8 Å². The van der Waals surface area contributed by atoms with E-state index in [4.69, 9.17) is 5.73 Å². The number of hydrogen-bond donors (Lipinski definition) is 3. The molecule has 130 valence electrons. The Balaban J connectivity index is 2.05. The van der Waals surface area contributed by atoms with Crippen LogP contribution < -0.4 is 16.4 Å². The number of nitrogens with one attached hydrogen (secondary N) is 2. The molecule has 0 heterocycles. The van der Waals surface area contributed by atoms with Crippen LogP contribution >= 0.6 is 0 Å². The second-order valence-corrected chi connectivity index (χ2v) is 5.88. The third kappa shape index (κ3) is 5.46. The molecule has 0 aromatic heterocycles. The van der Waals surface area contributed by atoms with Crippen molar-refractivity contribution in [3.8, 4) is 0 Å². The number of hydrogen-bond acceptors (Lipinski definition) is 3. The highest BCUT2D eigenvalue weighted by Crippen LogP contribution is 2.11. The van der Waals surface area contributed by atoms with Gasteiger partial charge in [-0.15, -0.1) is 0 Å². The van der Waals surface area contributed by atoms with Crippen molar-refractivity contribution in [2.24, 2.45) is 5.73 Å². The number of rotatable bonds is 6. The number of anilines is 1. The van der Waals surface area contributed by atoms with E-state index in [2.05, 4.69) is 10.6 Å². The van der Waals surface area contributed by atoms with E-state index in [9.17, 15) is 14.4 Å². The highest BCUT2D eigenvalue weighted by molar-refractivity contribution is 5.98. The molecule has 2 aromatic rings. The second kappa shape index (κ2) is 8.10. The van der Waals surface area contributed by atoms with E-state index in [0.29, 0.717) is 17.7 Å². The average Bonchev–Trinajstić information content (AvgIpc) is 2.56. The van der Waals surface area contributed by atoms with E-state index in [1.807, 2.05) is 31.2 Å². The lowest BCUT2D eigenvalue weighted by Gasteiger charge is -2.16. The summed E-state index contributed by atoms with van der Waals surface area (Å²) in [6, 6.07) is 13.3. The molecule has 0 fully saturated rings. The van der Waals surface area contributed by atoms with Gasteiger partial charge in [-0.3, -0.25) is 14.4 Å². The number of amides is 3. The topological polar surface area (TPSA) is 101 Å². The molecule has 2 rings (SSSR count). The minimum Gasteiger partial charge on any atom is -0.368 e. The summed E-state index contributed by atoms with van der Waals surface area (Å²) in [6.45, 7) is 3.38. The van der Waals surface area contributed by atoms with E-state index >= 15 is 0 Å². The molecule has 6 heteroatoms. The number of aryl methyl sites for hydroxylation is 1. The first-order valence-corrected chi connectivity index (χ1v) is 7.88. The quantitative estimate of drug-likeness (QED) is 0.747. The SMILES string of the molecule is CC(=O)Nc1ccc(C(=O)N[C@H](Cc2ccc(C)cc2)C(N)=O)cc1. The lowest BCUT2D eigenvalue weighted by molar-refractivity contribution is -0.119. The van der Waals surface area contributed by atoms with Crippen molar-refractivity contribution in [3.63, 3.8) is 0 Å². The fraction of sp³-hybridized carbons (Fsp3) is 0.211. The van der Waals surface area contributed by atoms with Gasteiger partial charge < -0.3 is 16.4 Å². The van der Waals surface area contributed by atoms with Crippen LogP contribution in [-0.2, 0) is 16.0 Å². The first-order chi connectivity index (χ1) is 11.8. The highest BCUT2D eigenvalue weighted by Gasteiger charge is 2.19. The molecule has 0 spiro atoms. The van der Waals surface area contributed by atoms with Gasteiger partial charge in [0.2, 0.25) is 11.8 Å². The fourth-order valence-corrected chi connectivity index (χ4v) is 2.33. The van der Waals surface area contributed by atoms with Gasteiger partial charge in [0.25, 0.3) is 5.91 Å². The Kier molecular flexibility index (Phi) is 5.89. The van der Waals surface area contributed by atoms with Gasteiger partial charge in [-0.05, 0) is 36.8 Å². The Bertz CT molecular complexity index is 768. The van der Waals surface area contributed by atoms with Crippen LogP contribution in [0, 0.1) is 6.92 Å². The van der Waals surface area contributed by atoms with Gasteiger partial charge in [0.05, 0.1) is 0 Å². The molecule has 0 aliphatic rings. The van der Waals surface area contributed by atoms with Crippen LogP contribution in [0.2, 0.25) is 0 Å². The molecule has 0 saturated carbocycles. The molecule has 0 aliphatic carbocycles. The second-order valence-electron chi connectivity index (χ2n) is 5.88. The van der Waals surface area contributed by atoms with E-state index in [0.717, 1.165) is 11.1 Å². The zero-order chi connectivity index (χ0) is 18.4.